The van der Waals surface area contributed by atoms with E-state index in [1.165, 1.54) is 13.2 Å². The van der Waals surface area contributed by atoms with Gasteiger partial charge in [0.15, 0.2) is 11.7 Å². The second-order valence-corrected chi connectivity index (χ2v) is 6.01. The van der Waals surface area contributed by atoms with Gasteiger partial charge in [0, 0.05) is 44.5 Å². The fourth-order valence-electron chi connectivity index (χ4n) is 2.69. The summed E-state index contributed by atoms with van der Waals surface area (Å²) in [4.78, 5) is 6.20. The van der Waals surface area contributed by atoms with Gasteiger partial charge in [0.2, 0.25) is 0 Å². The molecule has 1 aromatic carbocycles. The lowest BCUT2D eigenvalue weighted by Gasteiger charge is -2.23. The number of alkyl halides is 3. The first-order chi connectivity index (χ1) is 12.8. The van der Waals surface area contributed by atoms with Crippen molar-refractivity contribution in [3.8, 4) is 5.75 Å². The lowest BCUT2D eigenvalue weighted by Crippen LogP contribution is -2.38. The lowest BCUT2D eigenvalue weighted by molar-refractivity contribution is -0.142. The van der Waals surface area contributed by atoms with Crippen LogP contribution < -0.4 is 10.1 Å². The van der Waals surface area contributed by atoms with E-state index in [-0.39, 0.29) is 12.1 Å². The molecule has 148 valence electrons. The van der Waals surface area contributed by atoms with Crippen molar-refractivity contribution in [1.29, 1.82) is 0 Å². The van der Waals surface area contributed by atoms with E-state index in [1.807, 2.05) is 43.1 Å². The number of ether oxygens (including phenoxy) is 1. The van der Waals surface area contributed by atoms with Gasteiger partial charge < -0.3 is 15.0 Å². The molecular formula is C18H24F3N5O. The number of benzene rings is 1. The molecule has 0 bridgehead atoms. The van der Waals surface area contributed by atoms with Crippen molar-refractivity contribution in [1.82, 2.24) is 20.0 Å². The van der Waals surface area contributed by atoms with Gasteiger partial charge in [-0.1, -0.05) is 18.2 Å². The Bertz CT molecular complexity index is 786. The zero-order valence-corrected chi connectivity index (χ0v) is 15.8. The molecule has 27 heavy (non-hydrogen) atoms. The van der Waals surface area contributed by atoms with Gasteiger partial charge in [-0.15, -0.1) is 0 Å². The maximum Gasteiger partial charge on any atom is 0.435 e. The van der Waals surface area contributed by atoms with Crippen LogP contribution in [0.2, 0.25) is 0 Å². The molecule has 0 saturated carbocycles. The van der Waals surface area contributed by atoms with E-state index in [0.717, 1.165) is 16.0 Å². The van der Waals surface area contributed by atoms with Gasteiger partial charge >= 0.3 is 6.18 Å². The first-order valence-corrected chi connectivity index (χ1v) is 8.47. The third-order valence-electron chi connectivity index (χ3n) is 3.87. The smallest absolute Gasteiger partial charge is 0.435 e. The van der Waals surface area contributed by atoms with E-state index in [0.29, 0.717) is 19.0 Å². The van der Waals surface area contributed by atoms with E-state index in [9.17, 15) is 13.2 Å². The van der Waals surface area contributed by atoms with Gasteiger partial charge in [0.05, 0.1) is 13.7 Å². The summed E-state index contributed by atoms with van der Waals surface area (Å²) in [5, 5.41) is 6.61. The fraction of sp³-hybridized carbons (Fsp3) is 0.444. The summed E-state index contributed by atoms with van der Waals surface area (Å²) in [7, 11) is 4.88. The number of aliphatic imine (C=N–C) groups is 1. The molecule has 0 radical (unpaired) electrons. The maximum atomic E-state index is 13.1. The normalized spacial score (nSPS) is 12.2. The molecule has 1 N–H and O–H groups in total. The van der Waals surface area contributed by atoms with E-state index in [4.69, 9.17) is 4.74 Å². The minimum absolute atomic E-state index is 0.0334. The Labute approximate surface area is 156 Å². The molecule has 0 aliphatic heterocycles. The molecule has 9 heteroatoms. The molecule has 0 unspecified atom stereocenters. The third-order valence-corrected chi connectivity index (χ3v) is 3.87. The van der Waals surface area contributed by atoms with Crippen molar-refractivity contribution >= 4 is 5.96 Å². The van der Waals surface area contributed by atoms with Crippen LogP contribution in [0.15, 0.2) is 35.5 Å². The number of aromatic nitrogens is 2. The lowest BCUT2D eigenvalue weighted by atomic mass is 10.2. The molecule has 1 aromatic heterocycles. The van der Waals surface area contributed by atoms with Crippen LogP contribution >= 0.6 is 0 Å². The summed E-state index contributed by atoms with van der Waals surface area (Å²) >= 11 is 0. The first-order valence-electron chi connectivity index (χ1n) is 8.47. The van der Waals surface area contributed by atoms with Crippen molar-refractivity contribution in [2.75, 3.05) is 20.7 Å². The van der Waals surface area contributed by atoms with E-state index in [1.54, 1.807) is 7.11 Å². The van der Waals surface area contributed by atoms with Crippen LogP contribution in [-0.4, -0.2) is 41.3 Å². The molecular weight excluding hydrogens is 359 g/mol. The summed E-state index contributed by atoms with van der Waals surface area (Å²) in [5.41, 5.74) is 0.0773. The van der Waals surface area contributed by atoms with Crippen LogP contribution in [0.5, 0.6) is 5.75 Å². The number of rotatable bonds is 6. The molecule has 0 aliphatic rings. The van der Waals surface area contributed by atoms with Crippen molar-refractivity contribution in [2.45, 2.75) is 26.2 Å². The Balaban J connectivity index is 2.21. The quantitative estimate of drug-likeness (QED) is 0.615. The van der Waals surface area contributed by atoms with E-state index in [2.05, 4.69) is 15.4 Å². The Kier molecular flexibility index (Phi) is 6.70. The number of aryl methyl sites for hydroxylation is 1. The number of nitrogens with zero attached hydrogens (tertiary/aromatic N) is 4. The van der Waals surface area contributed by atoms with Gasteiger partial charge in [-0.2, -0.15) is 18.3 Å². The molecule has 2 rings (SSSR count). The van der Waals surface area contributed by atoms with Crippen LogP contribution in [-0.2, 0) is 26.3 Å². The highest BCUT2D eigenvalue weighted by atomic mass is 19.4. The second-order valence-electron chi connectivity index (χ2n) is 6.01. The summed E-state index contributed by atoms with van der Waals surface area (Å²) < 4.78 is 45.8. The van der Waals surface area contributed by atoms with Crippen molar-refractivity contribution < 1.29 is 17.9 Å². The Morgan fingerprint density at radius 2 is 2.00 bits per heavy atom. The summed E-state index contributed by atoms with van der Waals surface area (Å²) in [5.74, 6) is 1.24. The van der Waals surface area contributed by atoms with Gasteiger partial charge in [0.25, 0.3) is 0 Å². The first kappa shape index (κ1) is 20.6. The van der Waals surface area contributed by atoms with Crippen molar-refractivity contribution in [3.63, 3.8) is 0 Å². The summed E-state index contributed by atoms with van der Waals surface area (Å²) in [6, 6.07) is 7.57. The molecule has 0 spiro atoms. The van der Waals surface area contributed by atoms with Gasteiger partial charge in [-0.25, -0.2) is 4.99 Å². The number of para-hydroxylation sites is 1. The standard InChI is InChI=1S/C18H24F3N5O/c1-5-22-17(25(2)11-13-8-6-7-9-15(13)27-4)23-10-14-12-26(3)24-16(14)18(19,20)21/h6-9,12H,5,10-11H2,1-4H3,(H,22,23). The molecule has 6 nitrogen and oxygen atoms in total. The van der Waals surface area contributed by atoms with Crippen molar-refractivity contribution in [3.05, 3.63) is 47.3 Å². The number of nitrogens with one attached hydrogen (secondary N) is 1. The average molecular weight is 383 g/mol. The molecule has 1 heterocycles. The maximum absolute atomic E-state index is 13.1. The number of hydrogen-bond acceptors (Lipinski definition) is 3. The van der Waals surface area contributed by atoms with Crippen LogP contribution in [0.1, 0.15) is 23.7 Å². The summed E-state index contributed by atoms with van der Waals surface area (Å²) in [6.45, 7) is 2.86. The van der Waals surface area contributed by atoms with Crippen LogP contribution in [0, 0.1) is 0 Å². The van der Waals surface area contributed by atoms with Crippen LogP contribution in [0.4, 0.5) is 13.2 Å². The molecule has 0 aliphatic carbocycles. The monoisotopic (exact) mass is 383 g/mol. The van der Waals surface area contributed by atoms with Crippen LogP contribution in [0.3, 0.4) is 0 Å². The second kappa shape index (κ2) is 8.79. The highest BCUT2D eigenvalue weighted by molar-refractivity contribution is 5.79. The van der Waals surface area contributed by atoms with E-state index < -0.39 is 11.9 Å². The molecule has 0 fully saturated rings. The van der Waals surface area contributed by atoms with Gasteiger partial charge in [-0.05, 0) is 13.0 Å². The molecule has 0 atom stereocenters. The number of guanidine groups is 1. The predicted molar refractivity (Wildman–Crippen MR) is 97.5 cm³/mol. The van der Waals surface area contributed by atoms with E-state index >= 15 is 0 Å². The Morgan fingerprint density at radius 3 is 2.63 bits per heavy atom. The minimum Gasteiger partial charge on any atom is -0.496 e. The molecule has 0 amide bonds. The zero-order valence-electron chi connectivity index (χ0n) is 15.8. The van der Waals surface area contributed by atoms with Gasteiger partial charge in [0.1, 0.15) is 5.75 Å². The van der Waals surface area contributed by atoms with Crippen LogP contribution in [0.25, 0.3) is 0 Å². The molecule has 2 aromatic rings. The van der Waals surface area contributed by atoms with Gasteiger partial charge in [-0.3, -0.25) is 4.68 Å². The Hall–Kier alpha value is -2.71. The Morgan fingerprint density at radius 1 is 1.30 bits per heavy atom. The third kappa shape index (κ3) is 5.38. The minimum atomic E-state index is -4.51. The SMILES string of the molecule is CCNC(=NCc1cn(C)nc1C(F)(F)F)N(C)Cc1ccccc1OC. The highest BCUT2D eigenvalue weighted by Crippen LogP contribution is 2.30. The predicted octanol–water partition coefficient (Wildman–Crippen LogP) is 3.05. The number of methoxy groups -OCH3 is 1. The largest absolute Gasteiger partial charge is 0.496 e. The number of hydrogen-bond donors (Lipinski definition) is 1. The molecule has 0 saturated heterocycles. The topological polar surface area (TPSA) is 54.7 Å². The average Bonchev–Trinajstić information content (AvgIpc) is 3.00. The number of halogens is 3. The highest BCUT2D eigenvalue weighted by Gasteiger charge is 2.36. The fourth-order valence-corrected chi connectivity index (χ4v) is 2.69. The summed E-state index contributed by atoms with van der Waals surface area (Å²) in [6.07, 6.45) is -3.16. The zero-order chi connectivity index (χ0) is 20.0. The van der Waals surface area contributed by atoms with Crippen molar-refractivity contribution in [2.24, 2.45) is 12.0 Å².